The summed E-state index contributed by atoms with van der Waals surface area (Å²) in [6.07, 6.45) is 4.03. The number of rotatable bonds is 6. The highest BCUT2D eigenvalue weighted by atomic mass is 32.1. The Morgan fingerprint density at radius 2 is 1.94 bits per heavy atom. The molecule has 2 aromatic heterocycles. The van der Waals surface area contributed by atoms with Crippen molar-refractivity contribution >= 4 is 23.3 Å². The standard InChI is InChI=1S/C24H33N3O4S/c1-16-6-8-20(32-16)22(28)26-19(18-7-9-21(30-5)25-15-18)14-17-10-12-27(13-11-17)23(29)31-24(2,3)4/h6-9,15,17,19H,10-14H2,1-5H3,(H,26,28). The quantitative estimate of drug-likeness (QED) is 0.660. The average molecular weight is 460 g/mol. The molecule has 1 fully saturated rings. The first-order valence-electron chi connectivity index (χ1n) is 11.0. The SMILES string of the molecule is COc1ccc(C(CC2CCN(C(=O)OC(C)(C)C)CC2)NC(=O)c2ccc(C)s2)cn1. The predicted molar refractivity (Wildman–Crippen MR) is 125 cm³/mol. The van der Waals surface area contributed by atoms with Gasteiger partial charge < -0.3 is 19.7 Å². The lowest BCUT2D eigenvalue weighted by Crippen LogP contribution is -2.42. The molecule has 2 aromatic rings. The molecule has 3 heterocycles. The second kappa shape index (κ2) is 10.3. The molecule has 0 radical (unpaired) electrons. The van der Waals surface area contributed by atoms with Gasteiger partial charge in [0.05, 0.1) is 18.0 Å². The van der Waals surface area contributed by atoms with Gasteiger partial charge in [0.15, 0.2) is 0 Å². The summed E-state index contributed by atoms with van der Waals surface area (Å²) < 4.78 is 10.7. The van der Waals surface area contributed by atoms with Crippen molar-refractivity contribution in [1.29, 1.82) is 0 Å². The van der Waals surface area contributed by atoms with Gasteiger partial charge in [0.1, 0.15) is 5.60 Å². The highest BCUT2D eigenvalue weighted by Gasteiger charge is 2.29. The highest BCUT2D eigenvalue weighted by molar-refractivity contribution is 7.13. The molecule has 7 nitrogen and oxygen atoms in total. The Labute approximate surface area is 194 Å². The van der Waals surface area contributed by atoms with E-state index in [0.29, 0.717) is 29.8 Å². The van der Waals surface area contributed by atoms with Gasteiger partial charge in [-0.15, -0.1) is 11.3 Å². The van der Waals surface area contributed by atoms with Crippen LogP contribution in [0.3, 0.4) is 0 Å². The number of aryl methyl sites for hydroxylation is 1. The van der Waals surface area contributed by atoms with Crippen molar-refractivity contribution in [2.75, 3.05) is 20.2 Å². The van der Waals surface area contributed by atoms with Gasteiger partial charge in [-0.1, -0.05) is 6.07 Å². The molecule has 1 unspecified atom stereocenters. The minimum Gasteiger partial charge on any atom is -0.481 e. The van der Waals surface area contributed by atoms with Gasteiger partial charge in [-0.2, -0.15) is 0 Å². The zero-order valence-electron chi connectivity index (χ0n) is 19.5. The van der Waals surface area contributed by atoms with Crippen LogP contribution in [-0.2, 0) is 4.74 Å². The van der Waals surface area contributed by atoms with Crippen molar-refractivity contribution in [1.82, 2.24) is 15.2 Å². The molecule has 1 saturated heterocycles. The molecule has 0 spiro atoms. The number of carbonyl (C=O) groups excluding carboxylic acids is 2. The molecule has 174 valence electrons. The Bertz CT molecular complexity index is 912. The van der Waals surface area contributed by atoms with Crippen LogP contribution in [0.4, 0.5) is 4.79 Å². The molecule has 3 rings (SSSR count). The number of hydrogen-bond donors (Lipinski definition) is 1. The van der Waals surface area contributed by atoms with Crippen molar-refractivity contribution in [3.8, 4) is 5.88 Å². The number of thiophene rings is 1. The van der Waals surface area contributed by atoms with Crippen LogP contribution in [0.25, 0.3) is 0 Å². The van der Waals surface area contributed by atoms with E-state index in [1.54, 1.807) is 18.2 Å². The summed E-state index contributed by atoms with van der Waals surface area (Å²) in [7, 11) is 1.58. The number of ether oxygens (including phenoxy) is 2. The average Bonchev–Trinajstić information content (AvgIpc) is 3.19. The third-order valence-electron chi connectivity index (χ3n) is 5.48. The summed E-state index contributed by atoms with van der Waals surface area (Å²) in [5.74, 6) is 0.847. The third kappa shape index (κ3) is 6.69. The van der Waals surface area contributed by atoms with E-state index in [1.165, 1.54) is 11.3 Å². The number of nitrogens with zero attached hydrogens (tertiary/aromatic N) is 2. The number of aromatic nitrogens is 1. The topological polar surface area (TPSA) is 80.8 Å². The molecule has 32 heavy (non-hydrogen) atoms. The number of methoxy groups -OCH3 is 1. The van der Waals surface area contributed by atoms with Crippen molar-refractivity contribution in [3.63, 3.8) is 0 Å². The molecule has 1 atom stereocenters. The number of amides is 2. The van der Waals surface area contributed by atoms with Crippen LogP contribution in [-0.4, -0.2) is 47.7 Å². The molecule has 0 aliphatic carbocycles. The second-order valence-electron chi connectivity index (χ2n) is 9.22. The van der Waals surface area contributed by atoms with E-state index in [2.05, 4.69) is 10.3 Å². The molecular weight excluding hydrogens is 426 g/mol. The van der Waals surface area contributed by atoms with Crippen LogP contribution in [0.15, 0.2) is 30.5 Å². The van der Waals surface area contributed by atoms with Gasteiger partial charge >= 0.3 is 6.09 Å². The highest BCUT2D eigenvalue weighted by Crippen LogP contribution is 2.30. The summed E-state index contributed by atoms with van der Waals surface area (Å²) in [6, 6.07) is 7.41. The molecule has 0 bridgehead atoms. The zero-order valence-corrected chi connectivity index (χ0v) is 20.3. The molecule has 0 aromatic carbocycles. The van der Waals surface area contributed by atoms with E-state index >= 15 is 0 Å². The summed E-state index contributed by atoms with van der Waals surface area (Å²) in [6.45, 7) is 8.94. The molecule has 1 aliphatic heterocycles. The number of carbonyl (C=O) groups is 2. The maximum absolute atomic E-state index is 12.9. The predicted octanol–water partition coefficient (Wildman–Crippen LogP) is 4.97. The van der Waals surface area contributed by atoms with E-state index in [1.807, 2.05) is 52.0 Å². The van der Waals surface area contributed by atoms with E-state index in [9.17, 15) is 9.59 Å². The lowest BCUT2D eigenvalue weighted by Gasteiger charge is -2.34. The van der Waals surface area contributed by atoms with Gasteiger partial charge in [-0.3, -0.25) is 4.79 Å². The molecular formula is C24H33N3O4S. The Morgan fingerprint density at radius 1 is 1.22 bits per heavy atom. The number of nitrogens with one attached hydrogen (secondary N) is 1. The van der Waals surface area contributed by atoms with Crippen molar-refractivity contribution in [3.05, 3.63) is 45.8 Å². The maximum atomic E-state index is 12.9. The van der Waals surface area contributed by atoms with Crippen LogP contribution in [0.2, 0.25) is 0 Å². The first kappa shape index (κ1) is 24.0. The van der Waals surface area contributed by atoms with Crippen LogP contribution < -0.4 is 10.1 Å². The fourth-order valence-electron chi connectivity index (χ4n) is 3.79. The summed E-state index contributed by atoms with van der Waals surface area (Å²) in [5, 5.41) is 3.20. The van der Waals surface area contributed by atoms with Crippen molar-refractivity contribution < 1.29 is 19.1 Å². The summed E-state index contributed by atoms with van der Waals surface area (Å²) in [5.41, 5.74) is 0.451. The van der Waals surface area contributed by atoms with Gasteiger partial charge in [0, 0.05) is 30.2 Å². The first-order valence-corrected chi connectivity index (χ1v) is 11.8. The molecule has 8 heteroatoms. The fourth-order valence-corrected chi connectivity index (χ4v) is 4.56. The van der Waals surface area contributed by atoms with Crippen LogP contribution in [0.1, 0.15) is 66.2 Å². The Morgan fingerprint density at radius 3 is 2.47 bits per heavy atom. The molecule has 1 aliphatic rings. The van der Waals surface area contributed by atoms with Crippen molar-refractivity contribution in [2.45, 2.75) is 58.6 Å². The number of piperidine rings is 1. The van der Waals surface area contributed by atoms with Gasteiger partial charge in [0.25, 0.3) is 5.91 Å². The fraction of sp³-hybridized carbons (Fsp3) is 0.542. The van der Waals surface area contributed by atoms with E-state index in [-0.39, 0.29) is 18.0 Å². The lowest BCUT2D eigenvalue weighted by atomic mass is 9.88. The van der Waals surface area contributed by atoms with Crippen LogP contribution in [0, 0.1) is 12.8 Å². The number of hydrogen-bond acceptors (Lipinski definition) is 6. The van der Waals surface area contributed by atoms with E-state index in [0.717, 1.165) is 29.7 Å². The first-order chi connectivity index (χ1) is 15.1. The minimum atomic E-state index is -0.495. The summed E-state index contributed by atoms with van der Waals surface area (Å²) in [4.78, 5) is 33.1. The lowest BCUT2D eigenvalue weighted by molar-refractivity contribution is 0.0178. The van der Waals surface area contributed by atoms with Gasteiger partial charge in [-0.25, -0.2) is 9.78 Å². The Kier molecular flexibility index (Phi) is 7.77. The third-order valence-corrected chi connectivity index (χ3v) is 6.47. The maximum Gasteiger partial charge on any atom is 0.410 e. The number of pyridine rings is 1. The van der Waals surface area contributed by atoms with Crippen LogP contribution in [0.5, 0.6) is 5.88 Å². The largest absolute Gasteiger partial charge is 0.481 e. The zero-order chi connectivity index (χ0) is 23.3. The van der Waals surface area contributed by atoms with Crippen LogP contribution >= 0.6 is 11.3 Å². The normalized spacial score (nSPS) is 15.8. The number of likely N-dealkylation sites (tertiary alicyclic amines) is 1. The summed E-state index contributed by atoms with van der Waals surface area (Å²) >= 11 is 1.49. The van der Waals surface area contributed by atoms with Gasteiger partial charge in [0.2, 0.25) is 5.88 Å². The van der Waals surface area contributed by atoms with E-state index < -0.39 is 5.60 Å². The smallest absolute Gasteiger partial charge is 0.410 e. The monoisotopic (exact) mass is 459 g/mol. The Hall–Kier alpha value is -2.61. The van der Waals surface area contributed by atoms with Crippen molar-refractivity contribution in [2.24, 2.45) is 5.92 Å². The Balaban J connectivity index is 1.66. The molecule has 1 N–H and O–H groups in total. The van der Waals surface area contributed by atoms with Gasteiger partial charge in [-0.05, 0) is 70.6 Å². The second-order valence-corrected chi connectivity index (χ2v) is 10.5. The minimum absolute atomic E-state index is 0.0740. The van der Waals surface area contributed by atoms with E-state index in [4.69, 9.17) is 9.47 Å². The molecule has 0 saturated carbocycles. The molecule has 2 amide bonds.